The third-order valence-corrected chi connectivity index (χ3v) is 3.41. The van der Waals surface area contributed by atoms with Gasteiger partial charge in [-0.25, -0.2) is 4.98 Å². The molecule has 0 atom stereocenters. The molecule has 0 aliphatic rings. The minimum Gasteiger partial charge on any atom is -0.399 e. The molecule has 0 fully saturated rings. The van der Waals surface area contributed by atoms with Gasteiger partial charge in [-0.05, 0) is 25.1 Å². The smallest absolute Gasteiger partial charge is 0.169 e. The van der Waals surface area contributed by atoms with Crippen molar-refractivity contribution in [1.29, 1.82) is 0 Å². The lowest BCUT2D eigenvalue weighted by molar-refractivity contribution is 0.0993. The maximum atomic E-state index is 12.0. The predicted molar refractivity (Wildman–Crippen MR) is 70.7 cm³/mol. The Morgan fingerprint density at radius 1 is 1.47 bits per heavy atom. The maximum absolute atomic E-state index is 12.0. The highest BCUT2D eigenvalue weighted by atomic mass is 35.5. The Morgan fingerprint density at radius 2 is 2.24 bits per heavy atom. The molecular formula is C12H11ClN2OS. The van der Waals surface area contributed by atoms with Crippen molar-refractivity contribution in [1.82, 2.24) is 4.98 Å². The highest BCUT2D eigenvalue weighted by Crippen LogP contribution is 2.19. The van der Waals surface area contributed by atoms with Crippen LogP contribution in [-0.2, 0) is 6.42 Å². The molecule has 0 radical (unpaired) electrons. The van der Waals surface area contributed by atoms with E-state index in [1.807, 2.05) is 12.3 Å². The summed E-state index contributed by atoms with van der Waals surface area (Å²) in [4.78, 5) is 16.2. The number of halogens is 1. The molecule has 2 rings (SSSR count). The van der Waals surface area contributed by atoms with Gasteiger partial charge in [-0.15, -0.1) is 11.3 Å². The third-order valence-electron chi connectivity index (χ3n) is 2.22. The zero-order valence-corrected chi connectivity index (χ0v) is 10.8. The molecule has 2 aromatic rings. The zero-order valence-electron chi connectivity index (χ0n) is 9.24. The number of hydrogen-bond donors (Lipinski definition) is 1. The summed E-state index contributed by atoms with van der Waals surface area (Å²) in [5, 5.41) is 3.21. The lowest BCUT2D eigenvalue weighted by Gasteiger charge is -2.01. The average Bonchev–Trinajstić information content (AvgIpc) is 2.62. The maximum Gasteiger partial charge on any atom is 0.169 e. The highest BCUT2D eigenvalue weighted by Gasteiger charge is 2.10. The van der Waals surface area contributed by atoms with Gasteiger partial charge >= 0.3 is 0 Å². The quantitative estimate of drug-likeness (QED) is 0.686. The van der Waals surface area contributed by atoms with E-state index in [-0.39, 0.29) is 12.2 Å². The van der Waals surface area contributed by atoms with Crippen LogP contribution in [0.2, 0.25) is 5.02 Å². The zero-order chi connectivity index (χ0) is 12.4. The van der Waals surface area contributed by atoms with Gasteiger partial charge in [0.05, 0.1) is 6.42 Å². The monoisotopic (exact) mass is 266 g/mol. The molecule has 0 amide bonds. The molecule has 0 saturated heterocycles. The average molecular weight is 267 g/mol. The second-order valence-electron chi connectivity index (χ2n) is 3.76. The first-order valence-corrected chi connectivity index (χ1v) is 6.30. The largest absolute Gasteiger partial charge is 0.399 e. The van der Waals surface area contributed by atoms with Crippen LogP contribution in [0.25, 0.3) is 0 Å². The number of ketones is 1. The number of Topliss-reactive ketones (excluding diaryl/α,β-unsaturated/α-hetero) is 1. The third kappa shape index (κ3) is 3.05. The minimum absolute atomic E-state index is 0.0199. The second kappa shape index (κ2) is 4.85. The van der Waals surface area contributed by atoms with Crippen molar-refractivity contribution in [2.24, 2.45) is 0 Å². The Hall–Kier alpha value is -1.39. The van der Waals surface area contributed by atoms with Crippen molar-refractivity contribution in [3.8, 4) is 0 Å². The van der Waals surface area contributed by atoms with E-state index in [9.17, 15) is 4.79 Å². The molecule has 0 bridgehead atoms. The first-order chi connectivity index (χ1) is 8.04. The predicted octanol–water partition coefficient (Wildman–Crippen LogP) is 3.11. The fraction of sp³-hybridized carbons (Fsp3) is 0.167. The van der Waals surface area contributed by atoms with Gasteiger partial charge in [0.2, 0.25) is 0 Å². The molecule has 17 heavy (non-hydrogen) atoms. The fourth-order valence-corrected chi connectivity index (χ4v) is 2.51. The van der Waals surface area contributed by atoms with Crippen LogP contribution in [0.15, 0.2) is 23.6 Å². The van der Waals surface area contributed by atoms with E-state index >= 15 is 0 Å². The lowest BCUT2D eigenvalue weighted by atomic mass is 10.1. The van der Waals surface area contributed by atoms with Crippen LogP contribution in [0, 0.1) is 6.92 Å². The summed E-state index contributed by atoms with van der Waals surface area (Å²) in [6.07, 6.45) is 0.290. The minimum atomic E-state index is -0.0199. The van der Waals surface area contributed by atoms with Gasteiger partial charge in [0.15, 0.2) is 5.78 Å². The number of aryl methyl sites for hydroxylation is 1. The molecule has 5 heteroatoms. The first kappa shape index (κ1) is 12.1. The summed E-state index contributed by atoms with van der Waals surface area (Å²) >= 11 is 7.34. The van der Waals surface area contributed by atoms with E-state index in [0.717, 1.165) is 10.7 Å². The Labute approximate surface area is 108 Å². The number of aromatic nitrogens is 1. The molecule has 88 valence electrons. The van der Waals surface area contributed by atoms with Crippen LogP contribution >= 0.6 is 22.9 Å². The van der Waals surface area contributed by atoms with Crippen LogP contribution in [0.4, 0.5) is 5.69 Å². The number of nitrogen functional groups attached to an aromatic ring is 1. The number of carbonyl (C=O) groups is 1. The van der Waals surface area contributed by atoms with Crippen LogP contribution in [0.5, 0.6) is 0 Å². The molecule has 0 unspecified atom stereocenters. The van der Waals surface area contributed by atoms with E-state index in [0.29, 0.717) is 16.3 Å². The van der Waals surface area contributed by atoms with E-state index in [1.54, 1.807) is 18.2 Å². The van der Waals surface area contributed by atoms with Crippen molar-refractivity contribution < 1.29 is 4.79 Å². The Morgan fingerprint density at radius 3 is 2.82 bits per heavy atom. The van der Waals surface area contributed by atoms with Gasteiger partial charge in [-0.1, -0.05) is 11.6 Å². The Kier molecular flexibility index (Phi) is 3.45. The van der Waals surface area contributed by atoms with Crippen molar-refractivity contribution in [3.63, 3.8) is 0 Å². The standard InChI is InChI=1S/C12H11ClN2OS/c1-7-6-17-12(15-7)5-11(16)8-2-9(13)4-10(14)3-8/h2-4,6H,5,14H2,1H3. The van der Waals surface area contributed by atoms with E-state index in [4.69, 9.17) is 17.3 Å². The Balaban J connectivity index is 2.19. The summed E-state index contributed by atoms with van der Waals surface area (Å²) in [5.41, 5.74) is 7.61. The topological polar surface area (TPSA) is 56.0 Å². The van der Waals surface area contributed by atoms with Crippen molar-refractivity contribution >= 4 is 34.4 Å². The van der Waals surface area contributed by atoms with Gasteiger partial charge in [-0.3, -0.25) is 4.79 Å². The molecule has 3 nitrogen and oxygen atoms in total. The van der Waals surface area contributed by atoms with Gasteiger partial charge in [0, 0.05) is 27.3 Å². The molecule has 1 heterocycles. The number of carbonyl (C=O) groups excluding carboxylic acids is 1. The summed E-state index contributed by atoms with van der Waals surface area (Å²) in [5.74, 6) is -0.0199. The van der Waals surface area contributed by atoms with Gasteiger partial charge in [-0.2, -0.15) is 0 Å². The SMILES string of the molecule is Cc1csc(CC(=O)c2cc(N)cc(Cl)c2)n1. The number of anilines is 1. The summed E-state index contributed by atoms with van der Waals surface area (Å²) in [6, 6.07) is 4.88. The molecule has 0 spiro atoms. The van der Waals surface area contributed by atoms with E-state index < -0.39 is 0 Å². The number of nitrogens with zero attached hydrogens (tertiary/aromatic N) is 1. The van der Waals surface area contributed by atoms with E-state index in [1.165, 1.54) is 11.3 Å². The normalized spacial score (nSPS) is 10.5. The second-order valence-corrected chi connectivity index (χ2v) is 5.13. The Bertz CT molecular complexity index is 545. The number of nitrogens with two attached hydrogens (primary N) is 1. The first-order valence-electron chi connectivity index (χ1n) is 5.05. The van der Waals surface area contributed by atoms with Gasteiger partial charge in [0.25, 0.3) is 0 Å². The lowest BCUT2D eigenvalue weighted by Crippen LogP contribution is -2.04. The number of rotatable bonds is 3. The molecule has 0 aliphatic carbocycles. The van der Waals surface area contributed by atoms with Crippen molar-refractivity contribution in [2.45, 2.75) is 13.3 Å². The molecule has 1 aromatic carbocycles. The molecular weight excluding hydrogens is 256 g/mol. The fourth-order valence-electron chi connectivity index (χ4n) is 1.50. The molecule has 0 saturated carbocycles. The highest BCUT2D eigenvalue weighted by molar-refractivity contribution is 7.09. The number of thiazole rings is 1. The van der Waals surface area contributed by atoms with Gasteiger partial charge < -0.3 is 5.73 Å². The number of benzene rings is 1. The molecule has 0 aliphatic heterocycles. The van der Waals surface area contributed by atoms with Crippen LogP contribution in [0.3, 0.4) is 0 Å². The summed E-state index contributed by atoms with van der Waals surface area (Å²) < 4.78 is 0. The number of hydrogen-bond acceptors (Lipinski definition) is 4. The molecule has 1 aromatic heterocycles. The van der Waals surface area contributed by atoms with E-state index in [2.05, 4.69) is 4.98 Å². The van der Waals surface area contributed by atoms with Gasteiger partial charge in [0.1, 0.15) is 5.01 Å². The van der Waals surface area contributed by atoms with Crippen molar-refractivity contribution in [2.75, 3.05) is 5.73 Å². The van der Waals surface area contributed by atoms with Crippen LogP contribution in [-0.4, -0.2) is 10.8 Å². The molecule has 2 N–H and O–H groups in total. The van der Waals surface area contributed by atoms with Crippen molar-refractivity contribution in [3.05, 3.63) is 44.9 Å². The van der Waals surface area contributed by atoms with Crippen LogP contribution in [0.1, 0.15) is 21.1 Å². The van der Waals surface area contributed by atoms with Crippen LogP contribution < -0.4 is 5.73 Å². The summed E-state index contributed by atoms with van der Waals surface area (Å²) in [7, 11) is 0. The summed E-state index contributed by atoms with van der Waals surface area (Å²) in [6.45, 7) is 1.90.